The van der Waals surface area contributed by atoms with E-state index in [1.807, 2.05) is 12.1 Å². The van der Waals surface area contributed by atoms with Crippen LogP contribution in [-0.4, -0.2) is 29.6 Å². The molecule has 19 heavy (non-hydrogen) atoms. The van der Waals surface area contributed by atoms with E-state index in [0.717, 1.165) is 5.56 Å². The molecule has 104 valence electrons. The van der Waals surface area contributed by atoms with Crippen LogP contribution in [0.15, 0.2) is 24.3 Å². The largest absolute Gasteiger partial charge is 0.392 e. The summed E-state index contributed by atoms with van der Waals surface area (Å²) in [5, 5.41) is 13.8. The number of hydrogen-bond donors (Lipinski definition) is 3. The van der Waals surface area contributed by atoms with E-state index in [0.29, 0.717) is 11.6 Å². The van der Waals surface area contributed by atoms with Crippen molar-refractivity contribution in [2.45, 2.75) is 32.8 Å². The molecule has 0 spiro atoms. The second kappa shape index (κ2) is 6.89. The van der Waals surface area contributed by atoms with E-state index < -0.39 is 17.9 Å². The maximum atomic E-state index is 11.5. The molecular weight excluding hydrogens is 244 g/mol. The molecule has 0 saturated heterocycles. The van der Waals surface area contributed by atoms with Crippen LogP contribution in [0, 0.1) is 0 Å². The van der Waals surface area contributed by atoms with E-state index in [4.69, 9.17) is 5.11 Å². The Kier molecular flexibility index (Phi) is 5.51. The summed E-state index contributed by atoms with van der Waals surface area (Å²) >= 11 is 0. The Labute approximate surface area is 113 Å². The minimum atomic E-state index is -0.756. The zero-order valence-electron chi connectivity index (χ0n) is 11.4. The van der Waals surface area contributed by atoms with Gasteiger partial charge in [-0.25, -0.2) is 0 Å². The molecule has 3 N–H and O–H groups in total. The van der Waals surface area contributed by atoms with Crippen LogP contribution < -0.4 is 10.6 Å². The fourth-order valence-corrected chi connectivity index (χ4v) is 1.46. The number of anilines is 1. The van der Waals surface area contributed by atoms with Crippen LogP contribution in [0.5, 0.6) is 0 Å². The molecule has 0 aliphatic rings. The van der Waals surface area contributed by atoms with Gasteiger partial charge in [0.1, 0.15) is 0 Å². The average molecular weight is 264 g/mol. The highest BCUT2D eigenvalue weighted by molar-refractivity contribution is 6.39. The molecule has 0 radical (unpaired) electrons. The third-order valence-electron chi connectivity index (χ3n) is 2.60. The summed E-state index contributed by atoms with van der Waals surface area (Å²) in [6.45, 7) is 5.75. The minimum absolute atomic E-state index is 0.0541. The molecule has 1 rings (SSSR count). The summed E-state index contributed by atoms with van der Waals surface area (Å²) < 4.78 is 0. The molecule has 0 aliphatic carbocycles. The van der Waals surface area contributed by atoms with Gasteiger partial charge in [-0.3, -0.25) is 9.59 Å². The number of aliphatic hydroxyl groups is 1. The lowest BCUT2D eigenvalue weighted by Gasteiger charge is -2.09. The normalized spacial score (nSPS) is 12.1. The van der Waals surface area contributed by atoms with E-state index in [1.165, 1.54) is 6.92 Å². The number of nitrogens with one attached hydrogen (secondary N) is 2. The van der Waals surface area contributed by atoms with Gasteiger partial charge in [-0.05, 0) is 30.5 Å². The number of rotatable bonds is 4. The number of carbonyl (C=O) groups is 2. The molecule has 1 aromatic carbocycles. The van der Waals surface area contributed by atoms with Crippen LogP contribution >= 0.6 is 0 Å². The molecule has 0 bridgehead atoms. The van der Waals surface area contributed by atoms with Gasteiger partial charge in [-0.1, -0.05) is 26.0 Å². The highest BCUT2D eigenvalue weighted by Crippen LogP contribution is 2.16. The number of amides is 2. The first-order chi connectivity index (χ1) is 8.90. The quantitative estimate of drug-likeness (QED) is 0.716. The fourth-order valence-electron chi connectivity index (χ4n) is 1.46. The van der Waals surface area contributed by atoms with Crippen molar-refractivity contribution in [3.05, 3.63) is 29.8 Å². The number of aliphatic hydroxyl groups excluding tert-OH is 1. The Bertz CT molecular complexity index is 439. The summed E-state index contributed by atoms with van der Waals surface area (Å²) in [7, 11) is 0. The smallest absolute Gasteiger partial charge is 0.313 e. The maximum Gasteiger partial charge on any atom is 0.313 e. The summed E-state index contributed by atoms with van der Waals surface area (Å²) in [6.07, 6.45) is -0.679. The fraction of sp³-hybridized carbons (Fsp3) is 0.429. The van der Waals surface area contributed by atoms with Gasteiger partial charge >= 0.3 is 11.8 Å². The highest BCUT2D eigenvalue weighted by Gasteiger charge is 2.13. The van der Waals surface area contributed by atoms with Crippen molar-refractivity contribution in [2.24, 2.45) is 0 Å². The number of benzene rings is 1. The van der Waals surface area contributed by atoms with E-state index in [1.54, 1.807) is 12.1 Å². The average Bonchev–Trinajstić information content (AvgIpc) is 2.36. The summed E-state index contributed by atoms with van der Waals surface area (Å²) in [5.41, 5.74) is 1.73. The zero-order chi connectivity index (χ0) is 14.4. The molecule has 5 nitrogen and oxygen atoms in total. The number of hydrogen-bond acceptors (Lipinski definition) is 3. The van der Waals surface area contributed by atoms with E-state index in [-0.39, 0.29) is 6.54 Å². The SMILES string of the molecule is CC(C)c1ccc(NC(=O)C(=O)NC[C@H](C)O)cc1. The first-order valence-electron chi connectivity index (χ1n) is 6.27. The molecule has 0 fully saturated rings. The molecular formula is C14H20N2O3. The molecule has 0 aliphatic heterocycles. The van der Waals surface area contributed by atoms with Gasteiger partial charge in [0, 0.05) is 12.2 Å². The Morgan fingerprint density at radius 1 is 1.11 bits per heavy atom. The van der Waals surface area contributed by atoms with Crippen LogP contribution in [0.1, 0.15) is 32.3 Å². The van der Waals surface area contributed by atoms with Crippen molar-refractivity contribution in [1.29, 1.82) is 0 Å². The molecule has 0 heterocycles. The lowest BCUT2D eigenvalue weighted by atomic mass is 10.0. The first kappa shape index (κ1) is 15.2. The molecule has 5 heteroatoms. The van der Waals surface area contributed by atoms with Gasteiger partial charge in [0.25, 0.3) is 0 Å². The van der Waals surface area contributed by atoms with E-state index >= 15 is 0 Å². The van der Waals surface area contributed by atoms with E-state index in [9.17, 15) is 9.59 Å². The van der Waals surface area contributed by atoms with Gasteiger partial charge in [0.15, 0.2) is 0 Å². The summed E-state index contributed by atoms with van der Waals surface area (Å²) in [5.74, 6) is -1.08. The number of carbonyl (C=O) groups excluding carboxylic acids is 2. The zero-order valence-corrected chi connectivity index (χ0v) is 11.4. The van der Waals surface area contributed by atoms with Crippen molar-refractivity contribution in [2.75, 3.05) is 11.9 Å². The topological polar surface area (TPSA) is 78.4 Å². The summed E-state index contributed by atoms with van der Waals surface area (Å²) in [4.78, 5) is 22.9. The van der Waals surface area contributed by atoms with Crippen molar-refractivity contribution in [1.82, 2.24) is 5.32 Å². The minimum Gasteiger partial charge on any atom is -0.392 e. The highest BCUT2D eigenvalue weighted by atomic mass is 16.3. The Morgan fingerprint density at radius 2 is 1.68 bits per heavy atom. The lowest BCUT2D eigenvalue weighted by Crippen LogP contribution is -2.38. The maximum absolute atomic E-state index is 11.5. The van der Waals surface area contributed by atoms with Crippen LogP contribution in [0.2, 0.25) is 0 Å². The molecule has 1 aromatic rings. The third kappa shape index (κ3) is 5.09. The van der Waals surface area contributed by atoms with Gasteiger partial charge in [0.05, 0.1) is 6.10 Å². The van der Waals surface area contributed by atoms with Crippen molar-refractivity contribution >= 4 is 17.5 Å². The van der Waals surface area contributed by atoms with Crippen molar-refractivity contribution in [3.8, 4) is 0 Å². The van der Waals surface area contributed by atoms with Crippen molar-refractivity contribution in [3.63, 3.8) is 0 Å². The summed E-state index contributed by atoms with van der Waals surface area (Å²) in [6, 6.07) is 7.34. The van der Waals surface area contributed by atoms with Crippen LogP contribution in [0.25, 0.3) is 0 Å². The Hall–Kier alpha value is -1.88. The Balaban J connectivity index is 2.54. The molecule has 1 atom stereocenters. The molecule has 0 aromatic heterocycles. The Morgan fingerprint density at radius 3 is 2.16 bits per heavy atom. The van der Waals surface area contributed by atoms with E-state index in [2.05, 4.69) is 24.5 Å². The molecule has 0 unspecified atom stereocenters. The van der Waals surface area contributed by atoms with Gasteiger partial charge in [-0.2, -0.15) is 0 Å². The van der Waals surface area contributed by atoms with Crippen molar-refractivity contribution < 1.29 is 14.7 Å². The predicted molar refractivity (Wildman–Crippen MR) is 73.9 cm³/mol. The first-order valence-corrected chi connectivity index (χ1v) is 6.27. The predicted octanol–water partition coefficient (Wildman–Crippen LogP) is 1.25. The second-order valence-electron chi connectivity index (χ2n) is 4.79. The monoisotopic (exact) mass is 264 g/mol. The van der Waals surface area contributed by atoms with Gasteiger partial charge < -0.3 is 15.7 Å². The second-order valence-corrected chi connectivity index (χ2v) is 4.79. The molecule has 2 amide bonds. The lowest BCUT2D eigenvalue weighted by molar-refractivity contribution is -0.136. The molecule has 0 saturated carbocycles. The van der Waals surface area contributed by atoms with Gasteiger partial charge in [0.2, 0.25) is 0 Å². The van der Waals surface area contributed by atoms with Gasteiger partial charge in [-0.15, -0.1) is 0 Å². The van der Waals surface area contributed by atoms with Crippen LogP contribution in [0.4, 0.5) is 5.69 Å². The standard InChI is InChI=1S/C14H20N2O3/c1-9(2)11-4-6-12(7-5-11)16-14(19)13(18)15-8-10(3)17/h4-7,9-10,17H,8H2,1-3H3,(H,15,18)(H,16,19)/t10-/m0/s1. The van der Waals surface area contributed by atoms with Crippen LogP contribution in [-0.2, 0) is 9.59 Å². The van der Waals surface area contributed by atoms with Crippen LogP contribution in [0.3, 0.4) is 0 Å². The third-order valence-corrected chi connectivity index (χ3v) is 2.60.